The molecular weight excluding hydrogens is 345 g/mol. The molecule has 0 aliphatic rings. The number of amides is 1. The number of rotatable bonds is 7. The van der Waals surface area contributed by atoms with E-state index in [9.17, 15) is 9.18 Å². The van der Waals surface area contributed by atoms with E-state index >= 15 is 0 Å². The summed E-state index contributed by atoms with van der Waals surface area (Å²) in [6, 6.07) is 17.6. The molecule has 0 aliphatic carbocycles. The van der Waals surface area contributed by atoms with Crippen LogP contribution in [0, 0.1) is 5.82 Å². The van der Waals surface area contributed by atoms with Gasteiger partial charge in [-0.05, 0) is 41.5 Å². The Labute approximate surface area is 157 Å². The second kappa shape index (κ2) is 8.64. The highest BCUT2D eigenvalue weighted by Crippen LogP contribution is 2.28. The zero-order chi connectivity index (χ0) is 19.2. The summed E-state index contributed by atoms with van der Waals surface area (Å²) < 4.78 is 24.6. The minimum Gasteiger partial charge on any atom is -0.493 e. The molecule has 0 saturated carbocycles. The predicted octanol–water partition coefficient (Wildman–Crippen LogP) is 4.50. The lowest BCUT2D eigenvalue weighted by Gasteiger charge is -2.18. The third kappa shape index (κ3) is 4.26. The van der Waals surface area contributed by atoms with Crippen molar-refractivity contribution in [2.24, 2.45) is 0 Å². The maximum Gasteiger partial charge on any atom is 0.255 e. The molecule has 1 amide bonds. The SMILES string of the molecule is CCOc1ccc2ccccc2c1C(=O)NC[C@H](OC)c1cccc(F)c1. The normalized spacial score (nSPS) is 12.0. The van der Waals surface area contributed by atoms with Crippen LogP contribution in [-0.4, -0.2) is 26.2 Å². The average molecular weight is 367 g/mol. The topological polar surface area (TPSA) is 47.6 Å². The maximum atomic E-state index is 13.5. The molecule has 0 spiro atoms. The highest BCUT2D eigenvalue weighted by atomic mass is 19.1. The summed E-state index contributed by atoms with van der Waals surface area (Å²) in [7, 11) is 1.53. The van der Waals surface area contributed by atoms with E-state index in [1.807, 2.05) is 37.3 Å². The second-order valence-electron chi connectivity index (χ2n) is 6.08. The number of carbonyl (C=O) groups is 1. The van der Waals surface area contributed by atoms with Crippen molar-refractivity contribution in [1.29, 1.82) is 0 Å². The number of nitrogens with one attached hydrogen (secondary N) is 1. The highest BCUT2D eigenvalue weighted by Gasteiger charge is 2.19. The molecule has 0 unspecified atom stereocenters. The molecule has 0 radical (unpaired) electrons. The van der Waals surface area contributed by atoms with E-state index in [4.69, 9.17) is 9.47 Å². The molecule has 140 valence electrons. The van der Waals surface area contributed by atoms with Crippen LogP contribution < -0.4 is 10.1 Å². The predicted molar refractivity (Wildman–Crippen MR) is 104 cm³/mol. The Morgan fingerprint density at radius 1 is 1.11 bits per heavy atom. The number of fused-ring (bicyclic) bond motifs is 1. The van der Waals surface area contributed by atoms with Gasteiger partial charge in [0.15, 0.2) is 0 Å². The van der Waals surface area contributed by atoms with Crippen molar-refractivity contribution in [3.63, 3.8) is 0 Å². The zero-order valence-corrected chi connectivity index (χ0v) is 15.4. The summed E-state index contributed by atoms with van der Waals surface area (Å²) in [6.45, 7) is 2.55. The van der Waals surface area contributed by atoms with Crippen molar-refractivity contribution < 1.29 is 18.7 Å². The fourth-order valence-electron chi connectivity index (χ4n) is 3.08. The van der Waals surface area contributed by atoms with Gasteiger partial charge in [0.25, 0.3) is 5.91 Å². The van der Waals surface area contributed by atoms with E-state index in [-0.39, 0.29) is 18.3 Å². The van der Waals surface area contributed by atoms with Gasteiger partial charge in [-0.3, -0.25) is 4.79 Å². The van der Waals surface area contributed by atoms with Crippen molar-refractivity contribution >= 4 is 16.7 Å². The lowest BCUT2D eigenvalue weighted by molar-refractivity contribution is 0.0825. The van der Waals surface area contributed by atoms with Crippen LogP contribution in [0.25, 0.3) is 10.8 Å². The summed E-state index contributed by atoms with van der Waals surface area (Å²) in [5.74, 6) is -0.0595. The van der Waals surface area contributed by atoms with Crippen LogP contribution in [0.1, 0.15) is 28.9 Å². The Morgan fingerprint density at radius 3 is 2.67 bits per heavy atom. The van der Waals surface area contributed by atoms with Gasteiger partial charge in [-0.2, -0.15) is 0 Å². The first-order valence-corrected chi connectivity index (χ1v) is 8.85. The van der Waals surface area contributed by atoms with Crippen LogP contribution in [0.15, 0.2) is 60.7 Å². The van der Waals surface area contributed by atoms with E-state index in [1.54, 1.807) is 18.2 Å². The van der Waals surface area contributed by atoms with Crippen LogP contribution in [0.5, 0.6) is 5.75 Å². The molecule has 0 aliphatic heterocycles. The highest BCUT2D eigenvalue weighted by molar-refractivity contribution is 6.09. The largest absolute Gasteiger partial charge is 0.493 e. The summed E-state index contributed by atoms with van der Waals surface area (Å²) in [6.07, 6.45) is -0.449. The first-order chi connectivity index (χ1) is 13.1. The van der Waals surface area contributed by atoms with E-state index in [1.165, 1.54) is 19.2 Å². The molecule has 0 aromatic heterocycles. The Hall–Kier alpha value is -2.92. The van der Waals surface area contributed by atoms with E-state index in [0.29, 0.717) is 23.5 Å². The lowest BCUT2D eigenvalue weighted by Crippen LogP contribution is -2.29. The Morgan fingerprint density at radius 2 is 1.93 bits per heavy atom. The second-order valence-corrected chi connectivity index (χ2v) is 6.08. The summed E-state index contributed by atoms with van der Waals surface area (Å²) in [5, 5.41) is 4.67. The van der Waals surface area contributed by atoms with Gasteiger partial charge in [0.05, 0.1) is 18.3 Å². The number of methoxy groups -OCH3 is 1. The molecular formula is C22H22FNO3. The zero-order valence-electron chi connectivity index (χ0n) is 15.4. The summed E-state index contributed by atoms with van der Waals surface area (Å²) in [4.78, 5) is 13.0. The van der Waals surface area contributed by atoms with Gasteiger partial charge in [0.1, 0.15) is 11.6 Å². The van der Waals surface area contributed by atoms with Gasteiger partial charge >= 0.3 is 0 Å². The third-order valence-corrected chi connectivity index (χ3v) is 4.37. The maximum absolute atomic E-state index is 13.5. The molecule has 0 bridgehead atoms. The van der Waals surface area contributed by atoms with Crippen LogP contribution in [0.3, 0.4) is 0 Å². The Bertz CT molecular complexity index is 942. The van der Waals surface area contributed by atoms with Crippen molar-refractivity contribution in [3.8, 4) is 5.75 Å². The third-order valence-electron chi connectivity index (χ3n) is 4.37. The van der Waals surface area contributed by atoms with Crippen molar-refractivity contribution in [3.05, 3.63) is 77.6 Å². The van der Waals surface area contributed by atoms with Gasteiger partial charge in [-0.15, -0.1) is 0 Å². The average Bonchev–Trinajstić information content (AvgIpc) is 2.68. The molecule has 5 heteroatoms. The molecule has 3 aromatic rings. The number of carbonyl (C=O) groups excluding carboxylic acids is 1. The first-order valence-electron chi connectivity index (χ1n) is 8.85. The first kappa shape index (κ1) is 18.9. The number of ether oxygens (including phenoxy) is 2. The number of hydrogen-bond acceptors (Lipinski definition) is 3. The molecule has 4 nitrogen and oxygen atoms in total. The fraction of sp³-hybridized carbons (Fsp3) is 0.227. The van der Waals surface area contributed by atoms with Crippen molar-refractivity contribution in [1.82, 2.24) is 5.32 Å². The standard InChI is InChI=1S/C22H22FNO3/c1-3-27-19-12-11-15-7-4-5-10-18(15)21(19)22(25)24-14-20(26-2)16-8-6-9-17(23)13-16/h4-13,20H,3,14H2,1-2H3,(H,24,25)/t20-/m0/s1. The number of halogens is 1. The lowest BCUT2D eigenvalue weighted by atomic mass is 10.0. The van der Waals surface area contributed by atoms with Gasteiger partial charge in [0, 0.05) is 13.7 Å². The van der Waals surface area contributed by atoms with E-state index < -0.39 is 6.10 Å². The van der Waals surface area contributed by atoms with E-state index in [2.05, 4.69) is 5.32 Å². The van der Waals surface area contributed by atoms with Crippen LogP contribution in [0.2, 0.25) is 0 Å². The smallest absolute Gasteiger partial charge is 0.255 e. The Kier molecular flexibility index (Phi) is 6.04. The summed E-state index contributed by atoms with van der Waals surface area (Å²) >= 11 is 0. The quantitative estimate of drug-likeness (QED) is 0.669. The van der Waals surface area contributed by atoms with Crippen LogP contribution >= 0.6 is 0 Å². The monoisotopic (exact) mass is 367 g/mol. The molecule has 27 heavy (non-hydrogen) atoms. The molecule has 3 aromatic carbocycles. The number of benzene rings is 3. The van der Waals surface area contributed by atoms with Gasteiger partial charge in [0.2, 0.25) is 0 Å². The molecule has 3 rings (SSSR count). The molecule has 0 fully saturated rings. The van der Waals surface area contributed by atoms with Gasteiger partial charge < -0.3 is 14.8 Å². The summed E-state index contributed by atoms with van der Waals surface area (Å²) in [5.41, 5.74) is 1.16. The van der Waals surface area contributed by atoms with E-state index in [0.717, 1.165) is 10.8 Å². The molecule has 0 saturated heterocycles. The minimum atomic E-state index is -0.449. The van der Waals surface area contributed by atoms with Gasteiger partial charge in [-0.25, -0.2) is 4.39 Å². The van der Waals surface area contributed by atoms with Crippen LogP contribution in [-0.2, 0) is 4.74 Å². The fourth-order valence-corrected chi connectivity index (χ4v) is 3.08. The van der Waals surface area contributed by atoms with Crippen LogP contribution in [0.4, 0.5) is 4.39 Å². The van der Waals surface area contributed by atoms with Gasteiger partial charge in [-0.1, -0.05) is 42.5 Å². The molecule has 1 N–H and O–H groups in total. The minimum absolute atomic E-state index is 0.216. The van der Waals surface area contributed by atoms with Crippen molar-refractivity contribution in [2.45, 2.75) is 13.0 Å². The van der Waals surface area contributed by atoms with Crippen molar-refractivity contribution in [2.75, 3.05) is 20.3 Å². The molecule has 0 heterocycles. The number of hydrogen-bond donors (Lipinski definition) is 1. The molecule has 1 atom stereocenters. The Balaban J connectivity index is 1.86.